The summed E-state index contributed by atoms with van der Waals surface area (Å²) in [5.74, 6) is 1.83. The standard InChI is InChI=1S/C44H27NO/c1-2-10-32-27-41-39(26-31(32)9-1)35-13-3-5-17-40(35)45(41)33-12-7-11-30(25-33)28-19-21-29(22-20-28)34-23-24-43-44-37(34)15-8-16-38(44)36-14-4-6-18-42(36)46-43/h1-27H. The molecule has 46 heavy (non-hydrogen) atoms. The Hall–Kier alpha value is -6.12. The maximum Gasteiger partial charge on any atom is 0.135 e. The van der Waals surface area contributed by atoms with Crippen LogP contribution in [0.4, 0.5) is 0 Å². The number of hydrogen-bond donors (Lipinski definition) is 0. The second-order valence-corrected chi connectivity index (χ2v) is 12.1. The maximum absolute atomic E-state index is 6.33. The summed E-state index contributed by atoms with van der Waals surface area (Å²) in [6.07, 6.45) is 0. The fourth-order valence-corrected chi connectivity index (χ4v) is 7.43. The number of hydrogen-bond acceptors (Lipinski definition) is 1. The first-order valence-electron chi connectivity index (χ1n) is 15.8. The predicted octanol–water partition coefficient (Wildman–Crippen LogP) is 12.2. The van der Waals surface area contributed by atoms with Gasteiger partial charge >= 0.3 is 0 Å². The van der Waals surface area contributed by atoms with E-state index >= 15 is 0 Å². The Morgan fingerprint density at radius 1 is 0.370 bits per heavy atom. The van der Waals surface area contributed by atoms with Crippen molar-refractivity contribution in [2.75, 3.05) is 0 Å². The van der Waals surface area contributed by atoms with Gasteiger partial charge in [0, 0.05) is 27.4 Å². The summed E-state index contributed by atoms with van der Waals surface area (Å²) in [6, 6.07) is 59.1. The predicted molar refractivity (Wildman–Crippen MR) is 192 cm³/mol. The molecule has 1 aromatic heterocycles. The third-order valence-electron chi connectivity index (χ3n) is 9.57. The lowest BCUT2D eigenvalue weighted by Crippen LogP contribution is -1.97. The zero-order valence-electron chi connectivity index (χ0n) is 24.9. The largest absolute Gasteiger partial charge is 0.456 e. The van der Waals surface area contributed by atoms with Crippen LogP contribution in [-0.4, -0.2) is 4.57 Å². The van der Waals surface area contributed by atoms with Crippen LogP contribution in [0.3, 0.4) is 0 Å². The van der Waals surface area contributed by atoms with Crippen molar-refractivity contribution in [3.8, 4) is 50.6 Å². The van der Waals surface area contributed by atoms with Gasteiger partial charge in [0.1, 0.15) is 11.5 Å². The Morgan fingerprint density at radius 3 is 2.00 bits per heavy atom. The molecule has 0 radical (unpaired) electrons. The third-order valence-corrected chi connectivity index (χ3v) is 9.57. The van der Waals surface area contributed by atoms with E-state index in [2.05, 4.69) is 156 Å². The van der Waals surface area contributed by atoms with Gasteiger partial charge in [-0.3, -0.25) is 0 Å². The van der Waals surface area contributed by atoms with Crippen LogP contribution < -0.4 is 4.74 Å². The molecule has 0 aliphatic carbocycles. The third kappa shape index (κ3) is 3.71. The normalized spacial score (nSPS) is 12.1. The SMILES string of the molecule is c1cc(-c2ccc(-c3ccc4c5c(cccc35)-c3ccccc3O4)cc2)cc(-n2c3ccccc3c3cc4ccccc4cc32)c1. The molecule has 2 heterocycles. The van der Waals surface area contributed by atoms with E-state index in [0.717, 1.165) is 22.7 Å². The fourth-order valence-electron chi connectivity index (χ4n) is 7.43. The molecule has 0 saturated carbocycles. The Labute approximate surface area is 266 Å². The number of para-hydroxylation sites is 2. The lowest BCUT2D eigenvalue weighted by molar-refractivity contribution is 0.487. The van der Waals surface area contributed by atoms with Crippen molar-refractivity contribution in [3.63, 3.8) is 0 Å². The molecule has 1 aliphatic rings. The lowest BCUT2D eigenvalue weighted by atomic mass is 9.90. The van der Waals surface area contributed by atoms with Crippen molar-refractivity contribution in [2.45, 2.75) is 0 Å². The van der Waals surface area contributed by atoms with Gasteiger partial charge in [0.25, 0.3) is 0 Å². The molecule has 2 heteroatoms. The molecule has 0 N–H and O–H groups in total. The molecular formula is C44H27NO. The van der Waals surface area contributed by atoms with Crippen LogP contribution in [-0.2, 0) is 0 Å². The summed E-state index contributed by atoms with van der Waals surface area (Å²) in [6.45, 7) is 0. The first-order chi connectivity index (χ1) is 22.8. The Morgan fingerprint density at radius 2 is 1.09 bits per heavy atom. The van der Waals surface area contributed by atoms with E-state index < -0.39 is 0 Å². The molecule has 0 spiro atoms. The molecule has 0 saturated heterocycles. The van der Waals surface area contributed by atoms with Gasteiger partial charge in [-0.15, -0.1) is 0 Å². The number of ether oxygens (including phenoxy) is 1. The van der Waals surface area contributed by atoms with Crippen LogP contribution in [0, 0.1) is 0 Å². The second kappa shape index (κ2) is 9.69. The van der Waals surface area contributed by atoms with Crippen molar-refractivity contribution >= 4 is 43.4 Å². The zero-order valence-corrected chi connectivity index (χ0v) is 24.9. The summed E-state index contributed by atoms with van der Waals surface area (Å²) in [7, 11) is 0. The van der Waals surface area contributed by atoms with E-state index in [9.17, 15) is 0 Å². The smallest absolute Gasteiger partial charge is 0.135 e. The van der Waals surface area contributed by atoms with Crippen LogP contribution >= 0.6 is 0 Å². The quantitative estimate of drug-likeness (QED) is 0.201. The highest BCUT2D eigenvalue weighted by atomic mass is 16.5. The molecule has 10 rings (SSSR count). The number of aromatic nitrogens is 1. The van der Waals surface area contributed by atoms with Gasteiger partial charge in [0.15, 0.2) is 0 Å². The molecule has 9 aromatic rings. The summed E-state index contributed by atoms with van der Waals surface area (Å²) in [5, 5.41) is 7.44. The van der Waals surface area contributed by atoms with Crippen LogP contribution in [0.1, 0.15) is 0 Å². The van der Waals surface area contributed by atoms with Crippen molar-refractivity contribution in [1.82, 2.24) is 4.57 Å². The average Bonchev–Trinajstić information content (AvgIpc) is 3.44. The van der Waals surface area contributed by atoms with Crippen molar-refractivity contribution < 1.29 is 4.74 Å². The Bertz CT molecular complexity index is 2660. The topological polar surface area (TPSA) is 14.2 Å². The van der Waals surface area contributed by atoms with Gasteiger partial charge in [-0.25, -0.2) is 0 Å². The van der Waals surface area contributed by atoms with Crippen LogP contribution in [0.5, 0.6) is 11.5 Å². The van der Waals surface area contributed by atoms with Gasteiger partial charge in [-0.2, -0.15) is 0 Å². The monoisotopic (exact) mass is 585 g/mol. The van der Waals surface area contributed by atoms with E-state index in [1.54, 1.807) is 0 Å². The van der Waals surface area contributed by atoms with Gasteiger partial charge in [-0.05, 0) is 86.4 Å². The fraction of sp³-hybridized carbons (Fsp3) is 0. The minimum atomic E-state index is 0.913. The number of benzene rings is 8. The van der Waals surface area contributed by atoms with Crippen molar-refractivity contribution in [2.24, 2.45) is 0 Å². The minimum Gasteiger partial charge on any atom is -0.456 e. The average molecular weight is 586 g/mol. The first-order valence-corrected chi connectivity index (χ1v) is 15.8. The first kappa shape index (κ1) is 25.2. The summed E-state index contributed by atoms with van der Waals surface area (Å²) in [4.78, 5) is 0. The second-order valence-electron chi connectivity index (χ2n) is 12.1. The van der Waals surface area contributed by atoms with Gasteiger partial charge in [-0.1, -0.05) is 121 Å². The molecule has 8 aromatic carbocycles. The molecule has 0 unspecified atom stereocenters. The van der Waals surface area contributed by atoms with E-state index in [-0.39, 0.29) is 0 Å². The van der Waals surface area contributed by atoms with E-state index in [1.165, 1.54) is 71.2 Å². The van der Waals surface area contributed by atoms with Gasteiger partial charge in [0.05, 0.1) is 11.0 Å². The molecule has 0 bridgehead atoms. The summed E-state index contributed by atoms with van der Waals surface area (Å²) < 4.78 is 8.74. The van der Waals surface area contributed by atoms with Gasteiger partial charge < -0.3 is 9.30 Å². The van der Waals surface area contributed by atoms with Crippen molar-refractivity contribution in [1.29, 1.82) is 0 Å². The molecule has 0 amide bonds. The Kier molecular flexibility index (Phi) is 5.31. The van der Waals surface area contributed by atoms with Crippen LogP contribution in [0.15, 0.2) is 164 Å². The Balaban J connectivity index is 1.07. The maximum atomic E-state index is 6.33. The number of nitrogens with zero attached hydrogens (tertiary/aromatic N) is 1. The van der Waals surface area contributed by atoms with E-state index in [0.29, 0.717) is 0 Å². The highest BCUT2D eigenvalue weighted by molar-refractivity contribution is 6.14. The highest BCUT2D eigenvalue weighted by Gasteiger charge is 2.21. The summed E-state index contributed by atoms with van der Waals surface area (Å²) >= 11 is 0. The number of rotatable bonds is 3. The van der Waals surface area contributed by atoms with E-state index in [1.807, 2.05) is 12.1 Å². The molecule has 214 valence electrons. The summed E-state index contributed by atoms with van der Waals surface area (Å²) in [5.41, 5.74) is 10.8. The molecule has 0 fully saturated rings. The zero-order chi connectivity index (χ0) is 30.2. The van der Waals surface area contributed by atoms with Crippen molar-refractivity contribution in [3.05, 3.63) is 164 Å². The van der Waals surface area contributed by atoms with E-state index in [4.69, 9.17) is 4.74 Å². The van der Waals surface area contributed by atoms with Crippen LogP contribution in [0.25, 0.3) is 82.4 Å². The molecule has 2 nitrogen and oxygen atoms in total. The minimum absolute atomic E-state index is 0.913. The van der Waals surface area contributed by atoms with Crippen LogP contribution in [0.2, 0.25) is 0 Å². The lowest BCUT2D eigenvalue weighted by Gasteiger charge is -2.22. The molecular weight excluding hydrogens is 558 g/mol. The highest BCUT2D eigenvalue weighted by Crippen LogP contribution is 2.48. The number of fused-ring (bicyclic) bond motifs is 6. The molecule has 1 aliphatic heterocycles. The van der Waals surface area contributed by atoms with Gasteiger partial charge in [0.2, 0.25) is 0 Å². The molecule has 0 atom stereocenters.